The minimum Gasteiger partial charge on any atom is -0.340 e. The molecule has 2 heterocycles. The summed E-state index contributed by atoms with van der Waals surface area (Å²) >= 11 is 0. The van der Waals surface area contributed by atoms with Crippen LogP contribution in [0.15, 0.2) is 0 Å². The van der Waals surface area contributed by atoms with Gasteiger partial charge in [-0.15, -0.1) is 0 Å². The number of fused-ring (bicyclic) bond motifs is 1. The minimum atomic E-state index is 0.225. The first kappa shape index (κ1) is 14.5. The lowest BCUT2D eigenvalue weighted by Crippen LogP contribution is -2.62. The van der Waals surface area contributed by atoms with Crippen LogP contribution in [0.2, 0.25) is 0 Å². The van der Waals surface area contributed by atoms with Crippen molar-refractivity contribution >= 4 is 5.91 Å². The first-order chi connectivity index (χ1) is 8.20. The molecular weight excluding hydrogens is 214 g/mol. The van der Waals surface area contributed by atoms with Crippen molar-refractivity contribution in [2.24, 2.45) is 0 Å². The molecule has 2 aliphatic heterocycles. The molecule has 2 aliphatic rings. The Kier molecular flexibility index (Phi) is 5.92. The normalized spacial score (nSPS) is 25.9. The van der Waals surface area contributed by atoms with Crippen LogP contribution < -0.4 is 0 Å². The molecule has 17 heavy (non-hydrogen) atoms. The fraction of sp³-hybridized carbons (Fsp3) is 0.923. The Labute approximate surface area is 106 Å². The lowest BCUT2D eigenvalue weighted by molar-refractivity contribution is -0.132. The third-order valence-corrected chi connectivity index (χ3v) is 3.67. The molecule has 0 N–H and O–H groups in total. The van der Waals surface area contributed by atoms with Crippen molar-refractivity contribution in [1.82, 2.24) is 14.7 Å². The molecule has 0 aromatic heterocycles. The van der Waals surface area contributed by atoms with Gasteiger partial charge in [0.1, 0.15) is 0 Å². The number of likely N-dealkylation sites (N-methyl/N-ethyl adjacent to an activating group) is 1. The molecular formula is C13H27N3O. The standard InChI is InChI=1S/C11H21N3O.C2H6/c1-3-12-4-5-13-6-7-14(10(2)15)9-11(13)8-12;1-2/h11H,3-9H2,1-2H3;1-2H3. The Morgan fingerprint density at radius 3 is 2.35 bits per heavy atom. The second-order valence-electron chi connectivity index (χ2n) is 4.55. The Balaban J connectivity index is 0.000000686. The van der Waals surface area contributed by atoms with E-state index in [1.807, 2.05) is 18.7 Å². The Morgan fingerprint density at radius 1 is 1.12 bits per heavy atom. The topological polar surface area (TPSA) is 26.8 Å². The Morgan fingerprint density at radius 2 is 1.76 bits per heavy atom. The number of carbonyl (C=O) groups is 1. The molecule has 0 aliphatic carbocycles. The van der Waals surface area contributed by atoms with E-state index in [1.54, 1.807) is 6.92 Å². The minimum absolute atomic E-state index is 0.225. The first-order valence-corrected chi connectivity index (χ1v) is 6.92. The fourth-order valence-corrected chi connectivity index (χ4v) is 2.59. The highest BCUT2D eigenvalue weighted by molar-refractivity contribution is 5.73. The summed E-state index contributed by atoms with van der Waals surface area (Å²) in [7, 11) is 0. The highest BCUT2D eigenvalue weighted by Gasteiger charge is 2.32. The molecule has 2 rings (SSSR count). The summed E-state index contributed by atoms with van der Waals surface area (Å²) in [4.78, 5) is 18.3. The van der Waals surface area contributed by atoms with Gasteiger partial charge < -0.3 is 9.80 Å². The maximum Gasteiger partial charge on any atom is 0.219 e. The molecule has 4 nitrogen and oxygen atoms in total. The van der Waals surface area contributed by atoms with Crippen molar-refractivity contribution in [3.8, 4) is 0 Å². The predicted molar refractivity (Wildman–Crippen MR) is 71.1 cm³/mol. The summed E-state index contributed by atoms with van der Waals surface area (Å²) < 4.78 is 0. The first-order valence-electron chi connectivity index (χ1n) is 6.92. The van der Waals surface area contributed by atoms with Gasteiger partial charge in [0.2, 0.25) is 5.91 Å². The van der Waals surface area contributed by atoms with E-state index >= 15 is 0 Å². The van der Waals surface area contributed by atoms with E-state index in [9.17, 15) is 4.79 Å². The van der Waals surface area contributed by atoms with Gasteiger partial charge in [-0.1, -0.05) is 20.8 Å². The number of carbonyl (C=O) groups excluding carboxylic acids is 1. The fourth-order valence-electron chi connectivity index (χ4n) is 2.59. The van der Waals surface area contributed by atoms with Gasteiger partial charge in [0, 0.05) is 52.2 Å². The summed E-state index contributed by atoms with van der Waals surface area (Å²) in [5, 5.41) is 0. The SMILES string of the molecule is CC.CCN1CCN2CCN(C(C)=O)CC2C1. The number of hydrogen-bond donors (Lipinski definition) is 0. The van der Waals surface area contributed by atoms with Crippen LogP contribution in [-0.2, 0) is 4.79 Å². The summed E-state index contributed by atoms with van der Waals surface area (Å²) in [6.07, 6.45) is 0. The zero-order valence-corrected chi connectivity index (χ0v) is 11.8. The third-order valence-electron chi connectivity index (χ3n) is 3.67. The molecule has 0 saturated carbocycles. The van der Waals surface area contributed by atoms with Gasteiger partial charge in [-0.05, 0) is 6.54 Å². The van der Waals surface area contributed by atoms with Crippen molar-refractivity contribution < 1.29 is 4.79 Å². The van der Waals surface area contributed by atoms with Crippen molar-refractivity contribution in [1.29, 1.82) is 0 Å². The van der Waals surface area contributed by atoms with E-state index < -0.39 is 0 Å². The molecule has 4 heteroatoms. The smallest absolute Gasteiger partial charge is 0.219 e. The summed E-state index contributed by atoms with van der Waals surface area (Å²) in [5.74, 6) is 0.225. The molecule has 0 aromatic rings. The number of hydrogen-bond acceptors (Lipinski definition) is 3. The van der Waals surface area contributed by atoms with Gasteiger partial charge in [0.15, 0.2) is 0 Å². The van der Waals surface area contributed by atoms with Gasteiger partial charge in [-0.25, -0.2) is 0 Å². The van der Waals surface area contributed by atoms with E-state index in [0.717, 1.165) is 32.7 Å². The molecule has 100 valence electrons. The number of rotatable bonds is 1. The van der Waals surface area contributed by atoms with E-state index in [2.05, 4.69) is 16.7 Å². The maximum atomic E-state index is 11.3. The van der Waals surface area contributed by atoms with E-state index in [1.165, 1.54) is 13.1 Å². The van der Waals surface area contributed by atoms with Gasteiger partial charge in [-0.3, -0.25) is 9.69 Å². The third kappa shape index (κ3) is 3.68. The monoisotopic (exact) mass is 241 g/mol. The second-order valence-corrected chi connectivity index (χ2v) is 4.55. The number of amides is 1. The van der Waals surface area contributed by atoms with Crippen LogP contribution in [0.25, 0.3) is 0 Å². The molecule has 1 amide bonds. The summed E-state index contributed by atoms with van der Waals surface area (Å²) in [6, 6.07) is 0.566. The number of nitrogens with zero attached hydrogens (tertiary/aromatic N) is 3. The molecule has 0 spiro atoms. The molecule has 1 atom stereocenters. The van der Waals surface area contributed by atoms with Gasteiger partial charge in [0.25, 0.3) is 0 Å². The van der Waals surface area contributed by atoms with E-state index in [4.69, 9.17) is 0 Å². The predicted octanol–water partition coefficient (Wildman–Crippen LogP) is 0.881. The second kappa shape index (κ2) is 6.97. The molecule has 2 saturated heterocycles. The lowest BCUT2D eigenvalue weighted by atomic mass is 10.1. The Bertz CT molecular complexity index is 245. The zero-order chi connectivity index (χ0) is 12.8. The molecule has 0 aromatic carbocycles. The molecule has 0 bridgehead atoms. The van der Waals surface area contributed by atoms with Crippen LogP contribution >= 0.6 is 0 Å². The van der Waals surface area contributed by atoms with Crippen molar-refractivity contribution in [3.05, 3.63) is 0 Å². The quantitative estimate of drug-likeness (QED) is 0.682. The molecule has 2 fully saturated rings. The van der Waals surface area contributed by atoms with Crippen LogP contribution in [0.3, 0.4) is 0 Å². The largest absolute Gasteiger partial charge is 0.340 e. The van der Waals surface area contributed by atoms with Crippen LogP contribution in [0.1, 0.15) is 27.7 Å². The van der Waals surface area contributed by atoms with Crippen molar-refractivity contribution in [2.75, 3.05) is 45.8 Å². The van der Waals surface area contributed by atoms with E-state index in [-0.39, 0.29) is 5.91 Å². The lowest BCUT2D eigenvalue weighted by Gasteiger charge is -2.47. The average Bonchev–Trinajstić information content (AvgIpc) is 2.39. The van der Waals surface area contributed by atoms with Gasteiger partial charge in [0.05, 0.1) is 0 Å². The number of piperazine rings is 2. The summed E-state index contributed by atoms with van der Waals surface area (Å²) in [5.41, 5.74) is 0. The Hall–Kier alpha value is -0.610. The van der Waals surface area contributed by atoms with Gasteiger partial charge >= 0.3 is 0 Å². The maximum absolute atomic E-state index is 11.3. The van der Waals surface area contributed by atoms with Crippen molar-refractivity contribution in [2.45, 2.75) is 33.7 Å². The van der Waals surface area contributed by atoms with Crippen LogP contribution in [0.5, 0.6) is 0 Å². The highest BCUT2D eigenvalue weighted by Crippen LogP contribution is 2.15. The highest BCUT2D eigenvalue weighted by atomic mass is 16.2. The van der Waals surface area contributed by atoms with Crippen LogP contribution in [0.4, 0.5) is 0 Å². The van der Waals surface area contributed by atoms with E-state index in [0.29, 0.717) is 6.04 Å². The van der Waals surface area contributed by atoms with Crippen LogP contribution in [0, 0.1) is 0 Å². The van der Waals surface area contributed by atoms with Gasteiger partial charge in [-0.2, -0.15) is 0 Å². The molecule has 0 radical (unpaired) electrons. The zero-order valence-electron chi connectivity index (χ0n) is 11.8. The average molecular weight is 241 g/mol. The van der Waals surface area contributed by atoms with Crippen LogP contribution in [-0.4, -0.2) is 72.5 Å². The van der Waals surface area contributed by atoms with Crippen molar-refractivity contribution in [3.63, 3.8) is 0 Å². The summed E-state index contributed by atoms with van der Waals surface area (Å²) in [6.45, 7) is 15.4. The molecule has 1 unspecified atom stereocenters.